The quantitative estimate of drug-likeness (QED) is 0.173. The molecule has 1 atom stereocenters. The van der Waals surface area contributed by atoms with Gasteiger partial charge >= 0.3 is 0 Å². The zero-order valence-electron chi connectivity index (χ0n) is 30.6. The summed E-state index contributed by atoms with van der Waals surface area (Å²) < 4.78 is 0. The summed E-state index contributed by atoms with van der Waals surface area (Å²) in [5.74, 6) is 0. The molecule has 2 aliphatic carbocycles. The third-order valence-corrected chi connectivity index (χ3v) is 11.9. The number of nitrogens with zero attached hydrogens (tertiary/aromatic N) is 1. The molecule has 258 valence electrons. The molecule has 0 heterocycles. The van der Waals surface area contributed by atoms with Crippen molar-refractivity contribution >= 4 is 27.8 Å². The zero-order valence-corrected chi connectivity index (χ0v) is 30.6. The highest BCUT2D eigenvalue weighted by Crippen LogP contribution is 2.63. The normalized spacial score (nSPS) is 14.7. The number of fused-ring (bicyclic) bond motifs is 11. The highest BCUT2D eigenvalue weighted by Gasteiger charge is 2.51. The summed E-state index contributed by atoms with van der Waals surface area (Å²) in [6, 6.07) is 76.4. The van der Waals surface area contributed by atoms with Crippen molar-refractivity contribution in [2.24, 2.45) is 0 Å². The van der Waals surface area contributed by atoms with Gasteiger partial charge in [-0.3, -0.25) is 0 Å². The highest BCUT2D eigenvalue weighted by molar-refractivity contribution is 6.03. The molecule has 1 spiro atoms. The van der Waals surface area contributed by atoms with Gasteiger partial charge < -0.3 is 4.90 Å². The average Bonchev–Trinajstić information content (AvgIpc) is 3.71. The predicted octanol–water partition coefficient (Wildman–Crippen LogP) is 14.3. The number of benzene rings is 9. The Bertz CT molecular complexity index is 2920. The van der Waals surface area contributed by atoms with E-state index in [1.807, 2.05) is 0 Å². The number of aryl methyl sites for hydroxylation is 1. The molecule has 55 heavy (non-hydrogen) atoms. The van der Waals surface area contributed by atoms with Crippen LogP contribution in [-0.4, -0.2) is 0 Å². The highest BCUT2D eigenvalue weighted by atomic mass is 15.1. The molecular weight excluding hydrogens is 663 g/mol. The molecule has 11 rings (SSSR count). The first-order chi connectivity index (χ1) is 27.2. The van der Waals surface area contributed by atoms with Crippen molar-refractivity contribution in [2.75, 3.05) is 4.90 Å². The zero-order chi connectivity index (χ0) is 36.5. The predicted molar refractivity (Wildman–Crippen MR) is 231 cm³/mol. The SMILES string of the molecule is Cc1ccc2c(c1)C1(c3ccccc3-2)c2ccccc2-c2ccc(N(c3ccc(-c4ccccc4)cc3-c3ccccc3)c3cccc4ccccc34)cc21. The molecule has 1 unspecified atom stereocenters. The van der Waals surface area contributed by atoms with Crippen molar-refractivity contribution in [2.45, 2.75) is 12.3 Å². The fraction of sp³-hybridized carbons (Fsp3) is 0.0370. The Morgan fingerprint density at radius 3 is 1.67 bits per heavy atom. The molecule has 0 aliphatic heterocycles. The van der Waals surface area contributed by atoms with E-state index in [4.69, 9.17) is 0 Å². The Morgan fingerprint density at radius 2 is 0.927 bits per heavy atom. The minimum atomic E-state index is -0.441. The summed E-state index contributed by atoms with van der Waals surface area (Å²) in [5, 5.41) is 2.42. The molecule has 0 radical (unpaired) electrons. The minimum absolute atomic E-state index is 0.441. The largest absolute Gasteiger partial charge is 0.309 e. The Balaban J connectivity index is 1.23. The molecule has 9 aromatic rings. The van der Waals surface area contributed by atoms with E-state index in [0.29, 0.717) is 0 Å². The van der Waals surface area contributed by atoms with Crippen LogP contribution < -0.4 is 4.90 Å². The molecule has 2 aliphatic rings. The number of rotatable bonds is 5. The van der Waals surface area contributed by atoms with Crippen molar-refractivity contribution in [1.82, 2.24) is 0 Å². The Kier molecular flexibility index (Phi) is 7.06. The van der Waals surface area contributed by atoms with E-state index in [-0.39, 0.29) is 0 Å². The van der Waals surface area contributed by atoms with Crippen molar-refractivity contribution in [3.05, 3.63) is 234 Å². The lowest BCUT2D eigenvalue weighted by atomic mass is 9.70. The van der Waals surface area contributed by atoms with Crippen LogP contribution in [0.2, 0.25) is 0 Å². The molecule has 0 saturated heterocycles. The second kappa shape index (κ2) is 12.3. The maximum absolute atomic E-state index is 2.51. The van der Waals surface area contributed by atoms with Crippen LogP contribution in [0.15, 0.2) is 206 Å². The molecule has 0 N–H and O–H groups in total. The maximum atomic E-state index is 2.51. The van der Waals surface area contributed by atoms with Gasteiger partial charge in [-0.15, -0.1) is 0 Å². The van der Waals surface area contributed by atoms with Crippen molar-refractivity contribution in [3.63, 3.8) is 0 Å². The summed E-state index contributed by atoms with van der Waals surface area (Å²) in [5.41, 5.74) is 19.7. The molecule has 9 aromatic carbocycles. The third-order valence-electron chi connectivity index (χ3n) is 11.9. The van der Waals surface area contributed by atoms with Crippen LogP contribution >= 0.6 is 0 Å². The van der Waals surface area contributed by atoms with Gasteiger partial charge in [0.25, 0.3) is 0 Å². The molecule has 0 amide bonds. The lowest BCUT2D eigenvalue weighted by Crippen LogP contribution is -2.26. The average molecular weight is 700 g/mol. The first-order valence-corrected chi connectivity index (χ1v) is 19.2. The summed E-state index contributed by atoms with van der Waals surface area (Å²) in [6.07, 6.45) is 0. The van der Waals surface area contributed by atoms with Crippen LogP contribution in [0.3, 0.4) is 0 Å². The first kappa shape index (κ1) is 31.6. The lowest BCUT2D eigenvalue weighted by Gasteiger charge is -2.33. The molecular formula is C54H37N. The monoisotopic (exact) mass is 699 g/mol. The van der Waals surface area contributed by atoms with Gasteiger partial charge in [0.1, 0.15) is 0 Å². The summed E-state index contributed by atoms with van der Waals surface area (Å²) >= 11 is 0. The van der Waals surface area contributed by atoms with Gasteiger partial charge in [-0.05, 0) is 104 Å². The molecule has 1 nitrogen and oxygen atoms in total. The smallest absolute Gasteiger partial charge is 0.0726 e. The third kappa shape index (κ3) is 4.66. The standard InChI is InChI=1S/C54H37N/c1-36-27-30-45-43-22-10-12-24-48(43)54(50(45)33-36)49-25-13-11-23-44(49)46-31-29-41(35-51(46)54)55(52-26-14-20-38-19-8-9-21-42(38)52)53-32-28-40(37-15-4-2-5-16-37)34-47(53)39-17-6-3-7-18-39/h2-35H,1H3. The van der Waals surface area contributed by atoms with E-state index >= 15 is 0 Å². The van der Waals surface area contributed by atoms with E-state index in [9.17, 15) is 0 Å². The molecule has 0 fully saturated rings. The van der Waals surface area contributed by atoms with Crippen LogP contribution in [0.25, 0.3) is 55.3 Å². The summed E-state index contributed by atoms with van der Waals surface area (Å²) in [4.78, 5) is 2.51. The van der Waals surface area contributed by atoms with Gasteiger partial charge in [0.05, 0.1) is 16.8 Å². The number of hydrogen-bond acceptors (Lipinski definition) is 1. The second-order valence-corrected chi connectivity index (χ2v) is 14.9. The number of anilines is 3. The van der Waals surface area contributed by atoms with Crippen LogP contribution in [0.1, 0.15) is 27.8 Å². The fourth-order valence-electron chi connectivity index (χ4n) is 9.58. The van der Waals surface area contributed by atoms with Crippen molar-refractivity contribution in [1.29, 1.82) is 0 Å². The van der Waals surface area contributed by atoms with E-state index in [0.717, 1.165) is 17.1 Å². The van der Waals surface area contributed by atoms with Crippen LogP contribution in [0.5, 0.6) is 0 Å². The number of hydrogen-bond donors (Lipinski definition) is 0. The van der Waals surface area contributed by atoms with E-state index in [2.05, 4.69) is 218 Å². The van der Waals surface area contributed by atoms with Crippen LogP contribution in [-0.2, 0) is 5.41 Å². The van der Waals surface area contributed by atoms with Gasteiger partial charge in [0.15, 0.2) is 0 Å². The van der Waals surface area contributed by atoms with E-state index < -0.39 is 5.41 Å². The van der Waals surface area contributed by atoms with Crippen LogP contribution in [0, 0.1) is 6.92 Å². The summed E-state index contributed by atoms with van der Waals surface area (Å²) in [7, 11) is 0. The lowest BCUT2D eigenvalue weighted by molar-refractivity contribution is 0.792. The van der Waals surface area contributed by atoms with Crippen molar-refractivity contribution < 1.29 is 0 Å². The first-order valence-electron chi connectivity index (χ1n) is 19.2. The topological polar surface area (TPSA) is 3.24 Å². The molecule has 0 saturated carbocycles. The van der Waals surface area contributed by atoms with Crippen molar-refractivity contribution in [3.8, 4) is 44.5 Å². The van der Waals surface area contributed by atoms with E-state index in [1.165, 1.54) is 83.1 Å². The fourth-order valence-corrected chi connectivity index (χ4v) is 9.58. The van der Waals surface area contributed by atoms with Gasteiger partial charge in [0, 0.05) is 16.6 Å². The second-order valence-electron chi connectivity index (χ2n) is 14.9. The van der Waals surface area contributed by atoms with Gasteiger partial charge in [0.2, 0.25) is 0 Å². The minimum Gasteiger partial charge on any atom is -0.309 e. The molecule has 1 heteroatoms. The van der Waals surface area contributed by atoms with Gasteiger partial charge in [-0.25, -0.2) is 0 Å². The maximum Gasteiger partial charge on any atom is 0.0726 e. The van der Waals surface area contributed by atoms with Crippen LogP contribution in [0.4, 0.5) is 17.1 Å². The van der Waals surface area contributed by atoms with Gasteiger partial charge in [-0.1, -0.05) is 181 Å². The van der Waals surface area contributed by atoms with E-state index in [1.54, 1.807) is 0 Å². The Labute approximate surface area is 322 Å². The Hall–Kier alpha value is -6.96. The van der Waals surface area contributed by atoms with Gasteiger partial charge in [-0.2, -0.15) is 0 Å². The molecule has 0 aromatic heterocycles. The summed E-state index contributed by atoms with van der Waals surface area (Å²) in [6.45, 7) is 2.22. The Morgan fingerprint density at radius 1 is 0.345 bits per heavy atom. The molecule has 0 bridgehead atoms.